The first kappa shape index (κ1) is 16.0. The van der Waals surface area contributed by atoms with Crippen LogP contribution in [0.25, 0.3) is 11.0 Å². The number of nitrogens with one attached hydrogen (secondary N) is 1. The molecule has 2 rings (SSSR count). The van der Waals surface area contributed by atoms with Gasteiger partial charge in [0.2, 0.25) is 0 Å². The first-order valence-electron chi connectivity index (χ1n) is 7.06. The number of methoxy groups -OCH3 is 1. The molecule has 0 aliphatic heterocycles. The normalized spacial score (nSPS) is 10.9. The molecule has 1 N–H and O–H groups in total. The second-order valence-corrected chi connectivity index (χ2v) is 5.22. The second-order valence-electron chi connectivity index (χ2n) is 5.22. The molecular weight excluding hydrogens is 284 g/mol. The van der Waals surface area contributed by atoms with Crippen molar-refractivity contribution in [2.24, 2.45) is 0 Å². The van der Waals surface area contributed by atoms with Crippen LogP contribution in [-0.4, -0.2) is 45.1 Å². The Balaban J connectivity index is 2.19. The molecule has 0 saturated heterocycles. The molecule has 1 aromatic heterocycles. The van der Waals surface area contributed by atoms with E-state index in [9.17, 15) is 9.59 Å². The number of nitrogens with zero attached hydrogens (tertiary/aromatic N) is 1. The van der Waals surface area contributed by atoms with Crippen LogP contribution < -0.4 is 15.5 Å². The predicted octanol–water partition coefficient (Wildman–Crippen LogP) is 1.48. The molecule has 118 valence electrons. The van der Waals surface area contributed by atoms with Gasteiger partial charge in [-0.05, 0) is 39.2 Å². The Bertz CT molecular complexity index is 722. The quantitative estimate of drug-likeness (QED) is 0.819. The average Bonchev–Trinajstić information content (AvgIpc) is 2.50. The summed E-state index contributed by atoms with van der Waals surface area (Å²) in [5.41, 5.74) is 0.0439. The fourth-order valence-electron chi connectivity index (χ4n) is 2.14. The molecule has 0 atom stereocenters. The number of benzene rings is 1. The predicted molar refractivity (Wildman–Crippen MR) is 84.5 cm³/mol. The smallest absolute Gasteiger partial charge is 0.287 e. The van der Waals surface area contributed by atoms with Gasteiger partial charge in [-0.3, -0.25) is 9.59 Å². The van der Waals surface area contributed by atoms with Crippen molar-refractivity contribution in [3.8, 4) is 5.75 Å². The molecule has 0 aliphatic rings. The standard InChI is InChI=1S/C16H20N2O4/c1-18(2)9-5-8-17-16(20)14-10-11(19)15-12(21-3)6-4-7-13(15)22-14/h4,6-7,10H,5,8-9H2,1-3H3,(H,17,20). The molecule has 2 aromatic rings. The Hall–Kier alpha value is -2.34. The highest BCUT2D eigenvalue weighted by Crippen LogP contribution is 2.22. The summed E-state index contributed by atoms with van der Waals surface area (Å²) in [5.74, 6) is 0.0559. The number of ether oxygens (including phenoxy) is 1. The first-order chi connectivity index (χ1) is 10.5. The molecule has 1 heterocycles. The summed E-state index contributed by atoms with van der Waals surface area (Å²) in [6.07, 6.45) is 0.824. The van der Waals surface area contributed by atoms with Crippen molar-refractivity contribution in [3.05, 3.63) is 40.2 Å². The van der Waals surface area contributed by atoms with Crippen molar-refractivity contribution in [3.63, 3.8) is 0 Å². The number of hydrogen-bond donors (Lipinski definition) is 1. The van der Waals surface area contributed by atoms with Gasteiger partial charge >= 0.3 is 0 Å². The van der Waals surface area contributed by atoms with E-state index in [1.165, 1.54) is 13.2 Å². The van der Waals surface area contributed by atoms with Gasteiger partial charge < -0.3 is 19.4 Å². The Labute approximate surface area is 128 Å². The van der Waals surface area contributed by atoms with Gasteiger partial charge in [-0.15, -0.1) is 0 Å². The van der Waals surface area contributed by atoms with Gasteiger partial charge in [-0.25, -0.2) is 0 Å². The minimum absolute atomic E-state index is 0.00982. The number of rotatable bonds is 6. The minimum Gasteiger partial charge on any atom is -0.496 e. The van der Waals surface area contributed by atoms with Crippen molar-refractivity contribution in [2.45, 2.75) is 6.42 Å². The van der Waals surface area contributed by atoms with Crippen LogP contribution >= 0.6 is 0 Å². The summed E-state index contributed by atoms with van der Waals surface area (Å²) in [6, 6.07) is 6.23. The summed E-state index contributed by atoms with van der Waals surface area (Å²) < 4.78 is 10.7. The second kappa shape index (κ2) is 7.09. The van der Waals surface area contributed by atoms with Crippen molar-refractivity contribution >= 4 is 16.9 Å². The lowest BCUT2D eigenvalue weighted by Gasteiger charge is -2.10. The molecule has 22 heavy (non-hydrogen) atoms. The van der Waals surface area contributed by atoms with Crippen LogP contribution in [0, 0.1) is 0 Å². The SMILES string of the molecule is COc1cccc2oc(C(=O)NCCCN(C)C)cc(=O)c12. The monoisotopic (exact) mass is 304 g/mol. The zero-order valence-electron chi connectivity index (χ0n) is 13.0. The topological polar surface area (TPSA) is 71.8 Å². The van der Waals surface area contributed by atoms with Crippen LogP contribution in [0.1, 0.15) is 17.0 Å². The summed E-state index contributed by atoms with van der Waals surface area (Å²) >= 11 is 0. The molecule has 1 amide bonds. The number of hydrogen-bond acceptors (Lipinski definition) is 5. The molecule has 0 aliphatic carbocycles. The molecule has 0 spiro atoms. The van der Waals surface area contributed by atoms with Crippen LogP contribution in [-0.2, 0) is 0 Å². The highest BCUT2D eigenvalue weighted by molar-refractivity contribution is 5.94. The molecule has 0 fully saturated rings. The van der Waals surface area contributed by atoms with E-state index in [0.29, 0.717) is 23.3 Å². The summed E-state index contributed by atoms with van der Waals surface area (Å²) in [6.45, 7) is 1.40. The van der Waals surface area contributed by atoms with Gasteiger partial charge in [0.05, 0.1) is 7.11 Å². The van der Waals surface area contributed by atoms with Crippen LogP contribution in [0.15, 0.2) is 33.5 Å². The molecule has 0 unspecified atom stereocenters. The Morgan fingerprint density at radius 1 is 1.36 bits per heavy atom. The van der Waals surface area contributed by atoms with E-state index in [1.807, 2.05) is 19.0 Å². The van der Waals surface area contributed by atoms with Gasteiger partial charge in [0.15, 0.2) is 11.2 Å². The summed E-state index contributed by atoms with van der Waals surface area (Å²) in [4.78, 5) is 26.3. The first-order valence-corrected chi connectivity index (χ1v) is 7.06. The van der Waals surface area contributed by atoms with E-state index in [2.05, 4.69) is 5.32 Å². The molecule has 6 heteroatoms. The summed E-state index contributed by atoms with van der Waals surface area (Å²) in [7, 11) is 5.43. The van der Waals surface area contributed by atoms with Gasteiger partial charge in [-0.2, -0.15) is 0 Å². The van der Waals surface area contributed by atoms with Crippen molar-refractivity contribution in [2.75, 3.05) is 34.3 Å². The van der Waals surface area contributed by atoms with Gasteiger partial charge in [-0.1, -0.05) is 6.07 Å². The van der Waals surface area contributed by atoms with Crippen LogP contribution in [0.4, 0.5) is 0 Å². The number of carbonyl (C=O) groups is 1. The Kier molecular flexibility index (Phi) is 5.16. The van der Waals surface area contributed by atoms with E-state index in [0.717, 1.165) is 13.0 Å². The van der Waals surface area contributed by atoms with E-state index in [-0.39, 0.29) is 17.1 Å². The van der Waals surface area contributed by atoms with Gasteiger partial charge in [0.25, 0.3) is 5.91 Å². The average molecular weight is 304 g/mol. The lowest BCUT2D eigenvalue weighted by atomic mass is 10.2. The van der Waals surface area contributed by atoms with Crippen LogP contribution in [0.3, 0.4) is 0 Å². The number of amides is 1. The largest absolute Gasteiger partial charge is 0.496 e. The lowest BCUT2D eigenvalue weighted by molar-refractivity contribution is 0.0925. The maximum atomic E-state index is 12.2. The van der Waals surface area contributed by atoms with Crippen molar-refractivity contribution in [1.29, 1.82) is 0 Å². The molecule has 0 bridgehead atoms. The molecule has 1 aromatic carbocycles. The number of carbonyl (C=O) groups excluding carboxylic acids is 1. The zero-order valence-corrected chi connectivity index (χ0v) is 13.0. The Morgan fingerprint density at radius 2 is 2.14 bits per heavy atom. The fraction of sp³-hybridized carbons (Fsp3) is 0.375. The van der Waals surface area contributed by atoms with Crippen LogP contribution in [0.2, 0.25) is 0 Å². The van der Waals surface area contributed by atoms with Crippen LogP contribution in [0.5, 0.6) is 5.75 Å². The highest BCUT2D eigenvalue weighted by atomic mass is 16.5. The molecule has 6 nitrogen and oxygen atoms in total. The molecular formula is C16H20N2O4. The van der Waals surface area contributed by atoms with E-state index in [1.54, 1.807) is 18.2 Å². The van der Waals surface area contributed by atoms with E-state index >= 15 is 0 Å². The van der Waals surface area contributed by atoms with Crippen molar-refractivity contribution in [1.82, 2.24) is 10.2 Å². The highest BCUT2D eigenvalue weighted by Gasteiger charge is 2.14. The third-order valence-corrected chi connectivity index (χ3v) is 3.23. The van der Waals surface area contributed by atoms with E-state index in [4.69, 9.17) is 9.15 Å². The fourth-order valence-corrected chi connectivity index (χ4v) is 2.14. The third-order valence-electron chi connectivity index (χ3n) is 3.23. The maximum Gasteiger partial charge on any atom is 0.287 e. The summed E-state index contributed by atoms with van der Waals surface area (Å²) in [5, 5.41) is 3.09. The van der Waals surface area contributed by atoms with E-state index < -0.39 is 0 Å². The Morgan fingerprint density at radius 3 is 2.82 bits per heavy atom. The molecule has 0 saturated carbocycles. The number of fused-ring (bicyclic) bond motifs is 1. The zero-order chi connectivity index (χ0) is 16.1. The third kappa shape index (κ3) is 3.65. The molecule has 0 radical (unpaired) electrons. The lowest BCUT2D eigenvalue weighted by Crippen LogP contribution is -2.27. The van der Waals surface area contributed by atoms with Gasteiger partial charge in [0.1, 0.15) is 16.7 Å². The minimum atomic E-state index is -0.388. The maximum absolute atomic E-state index is 12.2. The van der Waals surface area contributed by atoms with Crippen molar-refractivity contribution < 1.29 is 13.9 Å². The van der Waals surface area contributed by atoms with Gasteiger partial charge in [0, 0.05) is 12.6 Å².